The summed E-state index contributed by atoms with van der Waals surface area (Å²) in [6, 6.07) is 8.26. The van der Waals surface area contributed by atoms with Crippen molar-refractivity contribution in [3.8, 4) is 0 Å². The molecule has 4 heteroatoms. The van der Waals surface area contributed by atoms with Crippen molar-refractivity contribution >= 4 is 6.03 Å². The average molecular weight is 290 g/mol. The third-order valence-corrected chi connectivity index (χ3v) is 4.24. The molecule has 3 N–H and O–H groups in total. The highest BCUT2D eigenvalue weighted by molar-refractivity contribution is 5.73. The Morgan fingerprint density at radius 3 is 2.86 bits per heavy atom. The summed E-state index contributed by atoms with van der Waals surface area (Å²) in [6.45, 7) is 5.47. The van der Waals surface area contributed by atoms with Crippen molar-refractivity contribution in [2.24, 2.45) is 5.92 Å². The molecule has 0 aromatic heterocycles. The quantitative estimate of drug-likeness (QED) is 0.780. The van der Waals surface area contributed by atoms with Crippen LogP contribution in [0.4, 0.5) is 4.79 Å². The molecule has 0 spiro atoms. The summed E-state index contributed by atoms with van der Waals surface area (Å²) in [5.74, 6) is 0.712. The molecule has 2 rings (SSSR count). The van der Waals surface area contributed by atoms with Gasteiger partial charge in [-0.1, -0.05) is 36.8 Å². The SMILES string of the molecule is Cc1cccc([C@H](C)CNC(=O)NC[C@@H]2CC[C@@H](O)C2)c1. The van der Waals surface area contributed by atoms with Crippen LogP contribution in [-0.2, 0) is 0 Å². The Labute approximate surface area is 126 Å². The molecule has 21 heavy (non-hydrogen) atoms. The predicted octanol–water partition coefficient (Wildman–Crippen LogP) is 2.56. The van der Waals surface area contributed by atoms with Gasteiger partial charge in [0.15, 0.2) is 0 Å². The number of amides is 2. The monoisotopic (exact) mass is 290 g/mol. The number of carbonyl (C=O) groups excluding carboxylic acids is 1. The molecule has 0 saturated heterocycles. The fourth-order valence-corrected chi connectivity index (χ4v) is 2.87. The summed E-state index contributed by atoms with van der Waals surface area (Å²) in [6.07, 6.45) is 2.49. The van der Waals surface area contributed by atoms with Crippen LogP contribution in [0, 0.1) is 12.8 Å². The number of urea groups is 1. The Kier molecular flexibility index (Phi) is 5.62. The van der Waals surface area contributed by atoms with E-state index < -0.39 is 0 Å². The van der Waals surface area contributed by atoms with Crippen LogP contribution in [0.3, 0.4) is 0 Å². The van der Waals surface area contributed by atoms with Gasteiger partial charge in [0.25, 0.3) is 0 Å². The van der Waals surface area contributed by atoms with Crippen LogP contribution in [-0.4, -0.2) is 30.3 Å². The molecule has 1 aliphatic carbocycles. The first-order valence-electron chi connectivity index (χ1n) is 7.81. The molecule has 1 aromatic rings. The number of aliphatic hydroxyl groups is 1. The first-order chi connectivity index (χ1) is 10.0. The van der Waals surface area contributed by atoms with Crippen molar-refractivity contribution in [2.45, 2.75) is 45.1 Å². The maximum Gasteiger partial charge on any atom is 0.314 e. The summed E-state index contributed by atoms with van der Waals surface area (Å²) in [5.41, 5.74) is 2.48. The zero-order valence-electron chi connectivity index (χ0n) is 12.9. The fourth-order valence-electron chi connectivity index (χ4n) is 2.87. The predicted molar refractivity (Wildman–Crippen MR) is 84.3 cm³/mol. The number of nitrogens with one attached hydrogen (secondary N) is 2. The molecule has 0 bridgehead atoms. The van der Waals surface area contributed by atoms with E-state index in [1.54, 1.807) is 0 Å². The van der Waals surface area contributed by atoms with Gasteiger partial charge in [0.2, 0.25) is 0 Å². The van der Waals surface area contributed by atoms with Crippen molar-refractivity contribution in [3.63, 3.8) is 0 Å². The van der Waals surface area contributed by atoms with Crippen molar-refractivity contribution in [1.82, 2.24) is 10.6 Å². The first-order valence-corrected chi connectivity index (χ1v) is 7.81. The molecule has 2 amide bonds. The zero-order chi connectivity index (χ0) is 15.2. The topological polar surface area (TPSA) is 61.4 Å². The summed E-state index contributed by atoms with van der Waals surface area (Å²) >= 11 is 0. The molecule has 0 heterocycles. The normalized spacial score (nSPS) is 22.8. The lowest BCUT2D eigenvalue weighted by Gasteiger charge is -2.15. The van der Waals surface area contributed by atoms with E-state index in [9.17, 15) is 9.90 Å². The smallest absolute Gasteiger partial charge is 0.314 e. The van der Waals surface area contributed by atoms with Crippen molar-refractivity contribution in [1.29, 1.82) is 0 Å². The molecule has 0 radical (unpaired) electrons. The lowest BCUT2D eigenvalue weighted by Crippen LogP contribution is -2.39. The van der Waals surface area contributed by atoms with E-state index in [4.69, 9.17) is 0 Å². The van der Waals surface area contributed by atoms with Gasteiger partial charge in [-0.05, 0) is 43.6 Å². The standard InChI is InChI=1S/C17H26N2O2/c1-12-4-3-5-15(8-12)13(2)10-18-17(21)19-11-14-6-7-16(20)9-14/h3-5,8,13-14,16,20H,6-7,9-11H2,1-2H3,(H2,18,19,21)/t13-,14-,16-/m1/s1. The van der Waals surface area contributed by atoms with E-state index in [-0.39, 0.29) is 12.1 Å². The largest absolute Gasteiger partial charge is 0.393 e. The highest BCUT2D eigenvalue weighted by atomic mass is 16.3. The second kappa shape index (κ2) is 7.46. The van der Waals surface area contributed by atoms with E-state index in [2.05, 4.69) is 42.7 Å². The zero-order valence-corrected chi connectivity index (χ0v) is 12.9. The van der Waals surface area contributed by atoms with Crippen LogP contribution in [0.5, 0.6) is 0 Å². The number of aryl methyl sites for hydroxylation is 1. The van der Waals surface area contributed by atoms with Crippen LogP contribution in [0.1, 0.15) is 43.2 Å². The fraction of sp³-hybridized carbons (Fsp3) is 0.588. The van der Waals surface area contributed by atoms with E-state index in [1.807, 2.05) is 6.07 Å². The Hall–Kier alpha value is -1.55. The molecule has 1 saturated carbocycles. The number of hydrogen-bond donors (Lipinski definition) is 3. The molecule has 0 aliphatic heterocycles. The van der Waals surface area contributed by atoms with Crippen LogP contribution in [0.15, 0.2) is 24.3 Å². The Morgan fingerprint density at radius 2 is 2.19 bits per heavy atom. The van der Waals surface area contributed by atoms with Gasteiger partial charge in [-0.3, -0.25) is 0 Å². The highest BCUT2D eigenvalue weighted by Crippen LogP contribution is 2.24. The molecule has 1 aromatic carbocycles. The molecule has 1 fully saturated rings. The van der Waals surface area contributed by atoms with E-state index in [0.717, 1.165) is 19.3 Å². The first kappa shape index (κ1) is 15.8. The lowest BCUT2D eigenvalue weighted by atomic mass is 9.99. The maximum absolute atomic E-state index is 11.8. The van der Waals surface area contributed by atoms with Crippen LogP contribution < -0.4 is 10.6 Å². The number of rotatable bonds is 5. The average Bonchev–Trinajstić information content (AvgIpc) is 2.88. The van der Waals surface area contributed by atoms with Crippen molar-refractivity contribution in [3.05, 3.63) is 35.4 Å². The van der Waals surface area contributed by atoms with Crippen molar-refractivity contribution in [2.75, 3.05) is 13.1 Å². The van der Waals surface area contributed by atoms with Crippen LogP contribution in [0.25, 0.3) is 0 Å². The van der Waals surface area contributed by atoms with Gasteiger partial charge < -0.3 is 15.7 Å². The van der Waals surface area contributed by atoms with Gasteiger partial charge in [0, 0.05) is 13.1 Å². The highest BCUT2D eigenvalue weighted by Gasteiger charge is 2.22. The van der Waals surface area contributed by atoms with Crippen molar-refractivity contribution < 1.29 is 9.90 Å². The van der Waals surface area contributed by atoms with E-state index in [1.165, 1.54) is 11.1 Å². The number of hydrogen-bond acceptors (Lipinski definition) is 2. The summed E-state index contributed by atoms with van der Waals surface area (Å²) < 4.78 is 0. The van der Waals surface area contributed by atoms with Gasteiger partial charge in [-0.25, -0.2) is 4.79 Å². The molecule has 4 nitrogen and oxygen atoms in total. The van der Waals surface area contributed by atoms with Gasteiger partial charge in [0.1, 0.15) is 0 Å². The molecular weight excluding hydrogens is 264 g/mol. The lowest BCUT2D eigenvalue weighted by molar-refractivity contribution is 0.177. The second-order valence-corrected chi connectivity index (χ2v) is 6.24. The summed E-state index contributed by atoms with van der Waals surface area (Å²) in [5, 5.41) is 15.3. The third-order valence-electron chi connectivity index (χ3n) is 4.24. The molecule has 0 unspecified atom stereocenters. The summed E-state index contributed by atoms with van der Waals surface area (Å²) in [4.78, 5) is 11.8. The number of carbonyl (C=O) groups is 1. The molecule has 116 valence electrons. The molecule has 3 atom stereocenters. The Morgan fingerprint density at radius 1 is 1.38 bits per heavy atom. The molecular formula is C17H26N2O2. The van der Waals surface area contributed by atoms with E-state index in [0.29, 0.717) is 24.9 Å². The summed E-state index contributed by atoms with van der Waals surface area (Å²) in [7, 11) is 0. The number of benzene rings is 1. The van der Waals surface area contributed by atoms with Gasteiger partial charge >= 0.3 is 6.03 Å². The van der Waals surface area contributed by atoms with Crippen LogP contribution >= 0.6 is 0 Å². The van der Waals surface area contributed by atoms with Gasteiger partial charge in [-0.15, -0.1) is 0 Å². The second-order valence-electron chi connectivity index (χ2n) is 6.24. The van der Waals surface area contributed by atoms with E-state index >= 15 is 0 Å². The van der Waals surface area contributed by atoms with Crippen LogP contribution in [0.2, 0.25) is 0 Å². The molecule has 1 aliphatic rings. The minimum atomic E-state index is -0.179. The third kappa shape index (κ3) is 5.05. The van der Waals surface area contributed by atoms with Gasteiger partial charge in [0.05, 0.1) is 6.10 Å². The minimum absolute atomic E-state index is 0.115. The Bertz CT molecular complexity index is 476. The van der Waals surface area contributed by atoms with Gasteiger partial charge in [-0.2, -0.15) is 0 Å². The number of aliphatic hydroxyl groups excluding tert-OH is 1. The Balaban J connectivity index is 1.68. The maximum atomic E-state index is 11.8. The minimum Gasteiger partial charge on any atom is -0.393 e.